The van der Waals surface area contributed by atoms with Crippen molar-refractivity contribution in [3.05, 3.63) is 53.6 Å². The van der Waals surface area contributed by atoms with Gasteiger partial charge in [-0.2, -0.15) is 0 Å². The quantitative estimate of drug-likeness (QED) is 0.744. The fourth-order valence-electron chi connectivity index (χ4n) is 2.59. The Kier molecular flexibility index (Phi) is 3.90. The van der Waals surface area contributed by atoms with Crippen molar-refractivity contribution in [3.63, 3.8) is 0 Å². The van der Waals surface area contributed by atoms with Crippen molar-refractivity contribution >= 4 is 16.9 Å². The van der Waals surface area contributed by atoms with Gasteiger partial charge in [-0.25, -0.2) is 4.98 Å². The van der Waals surface area contributed by atoms with Crippen LogP contribution in [0.15, 0.2) is 42.5 Å². The molecule has 0 saturated heterocycles. The minimum Gasteiger partial charge on any atom is -0.347 e. The zero-order valence-corrected chi connectivity index (χ0v) is 14.0. The summed E-state index contributed by atoms with van der Waals surface area (Å²) in [6, 6.07) is 14.4. The van der Waals surface area contributed by atoms with Crippen molar-refractivity contribution in [3.8, 4) is 11.4 Å². The molecule has 118 valence electrons. The van der Waals surface area contributed by atoms with Gasteiger partial charge in [0.1, 0.15) is 12.4 Å². The average molecular weight is 307 g/mol. The molecule has 4 nitrogen and oxygen atoms in total. The number of hydrogen-bond donors (Lipinski definition) is 0. The third kappa shape index (κ3) is 2.97. The maximum Gasteiger partial charge on any atom is 0.242 e. The number of benzene rings is 2. The highest BCUT2D eigenvalue weighted by molar-refractivity contribution is 5.84. The number of imidazole rings is 1. The van der Waals surface area contributed by atoms with Crippen molar-refractivity contribution in [2.45, 2.75) is 20.4 Å². The smallest absolute Gasteiger partial charge is 0.242 e. The fraction of sp³-hybridized carbons (Fsp3) is 0.263. The van der Waals surface area contributed by atoms with Crippen LogP contribution in [0, 0.1) is 13.8 Å². The number of hydrogen-bond acceptors (Lipinski definition) is 2. The maximum absolute atomic E-state index is 12.3. The lowest BCUT2D eigenvalue weighted by Gasteiger charge is -2.14. The van der Waals surface area contributed by atoms with E-state index in [9.17, 15) is 4.79 Å². The highest BCUT2D eigenvalue weighted by atomic mass is 16.2. The Morgan fingerprint density at radius 2 is 1.70 bits per heavy atom. The number of carbonyl (C=O) groups excluding carboxylic acids is 1. The Balaban J connectivity index is 2.19. The van der Waals surface area contributed by atoms with Gasteiger partial charge in [0.2, 0.25) is 5.91 Å². The number of amides is 1. The first kappa shape index (κ1) is 15.3. The van der Waals surface area contributed by atoms with E-state index in [0.29, 0.717) is 0 Å². The van der Waals surface area contributed by atoms with Gasteiger partial charge < -0.3 is 9.47 Å². The molecule has 0 spiro atoms. The molecule has 4 heteroatoms. The van der Waals surface area contributed by atoms with Crippen LogP contribution in [0.25, 0.3) is 22.4 Å². The minimum atomic E-state index is 0.0548. The van der Waals surface area contributed by atoms with E-state index in [-0.39, 0.29) is 12.5 Å². The van der Waals surface area contributed by atoms with E-state index in [1.54, 1.807) is 19.0 Å². The molecule has 0 fully saturated rings. The molecule has 3 rings (SSSR count). The average Bonchev–Trinajstić information content (AvgIpc) is 2.86. The fourth-order valence-corrected chi connectivity index (χ4v) is 2.59. The second-order valence-electron chi connectivity index (χ2n) is 6.17. The number of fused-ring (bicyclic) bond motifs is 1. The Hall–Kier alpha value is -2.62. The second-order valence-corrected chi connectivity index (χ2v) is 6.17. The predicted octanol–water partition coefficient (Wildman–Crippen LogP) is 3.41. The summed E-state index contributed by atoms with van der Waals surface area (Å²) >= 11 is 0. The molecule has 0 aliphatic rings. The van der Waals surface area contributed by atoms with Crippen molar-refractivity contribution in [2.24, 2.45) is 0 Å². The van der Waals surface area contributed by atoms with Gasteiger partial charge in [0.25, 0.3) is 0 Å². The lowest BCUT2D eigenvalue weighted by atomic mass is 10.1. The Morgan fingerprint density at radius 3 is 2.35 bits per heavy atom. The van der Waals surface area contributed by atoms with Gasteiger partial charge in [0.15, 0.2) is 0 Å². The normalized spacial score (nSPS) is 11.0. The molecule has 2 aromatic carbocycles. The number of aryl methyl sites for hydroxylation is 2. The number of likely N-dealkylation sites (N-methyl/N-ethyl adjacent to an activating group) is 1. The van der Waals surface area contributed by atoms with E-state index in [0.717, 1.165) is 28.0 Å². The molecule has 23 heavy (non-hydrogen) atoms. The molecule has 0 bridgehead atoms. The zero-order valence-electron chi connectivity index (χ0n) is 14.0. The van der Waals surface area contributed by atoms with Crippen LogP contribution in [0.2, 0.25) is 0 Å². The van der Waals surface area contributed by atoms with Gasteiger partial charge in [-0.05, 0) is 31.5 Å². The summed E-state index contributed by atoms with van der Waals surface area (Å²) in [4.78, 5) is 18.6. The standard InChI is InChI=1S/C19H21N3O/c1-13-5-8-15(9-6-13)19-20-16-10-7-14(2)11-17(16)22(19)12-18(23)21(3)4/h5-11H,12H2,1-4H3. The SMILES string of the molecule is Cc1ccc(-c2nc3ccc(C)cc3n2CC(=O)N(C)C)cc1. The molecule has 0 aliphatic heterocycles. The summed E-state index contributed by atoms with van der Waals surface area (Å²) in [6.07, 6.45) is 0. The van der Waals surface area contributed by atoms with Gasteiger partial charge in [-0.15, -0.1) is 0 Å². The van der Waals surface area contributed by atoms with Gasteiger partial charge in [-0.3, -0.25) is 4.79 Å². The summed E-state index contributed by atoms with van der Waals surface area (Å²) in [5.41, 5.74) is 5.30. The maximum atomic E-state index is 12.3. The van der Waals surface area contributed by atoms with Crippen molar-refractivity contribution in [1.82, 2.24) is 14.5 Å². The lowest BCUT2D eigenvalue weighted by Crippen LogP contribution is -2.26. The van der Waals surface area contributed by atoms with Gasteiger partial charge in [-0.1, -0.05) is 35.9 Å². The highest BCUT2D eigenvalue weighted by Crippen LogP contribution is 2.26. The van der Waals surface area contributed by atoms with Gasteiger partial charge in [0.05, 0.1) is 11.0 Å². The highest BCUT2D eigenvalue weighted by Gasteiger charge is 2.16. The van der Waals surface area contributed by atoms with Crippen molar-refractivity contribution < 1.29 is 4.79 Å². The molecular weight excluding hydrogens is 286 g/mol. The molecular formula is C19H21N3O. The van der Waals surface area contributed by atoms with Crippen LogP contribution < -0.4 is 0 Å². The molecule has 0 saturated carbocycles. The van der Waals surface area contributed by atoms with E-state index in [2.05, 4.69) is 44.2 Å². The molecule has 0 radical (unpaired) electrons. The summed E-state index contributed by atoms with van der Waals surface area (Å²) in [6.45, 7) is 4.40. The van der Waals surface area contributed by atoms with Crippen LogP contribution >= 0.6 is 0 Å². The monoisotopic (exact) mass is 307 g/mol. The molecule has 0 N–H and O–H groups in total. The topological polar surface area (TPSA) is 38.1 Å². The van der Waals surface area contributed by atoms with E-state index >= 15 is 0 Å². The van der Waals surface area contributed by atoms with E-state index in [4.69, 9.17) is 4.98 Å². The van der Waals surface area contributed by atoms with Crippen LogP contribution in [-0.2, 0) is 11.3 Å². The Bertz CT molecular complexity index is 860. The summed E-state index contributed by atoms with van der Waals surface area (Å²) in [7, 11) is 3.55. The second kappa shape index (κ2) is 5.88. The van der Waals surface area contributed by atoms with Crippen LogP contribution in [0.4, 0.5) is 0 Å². The minimum absolute atomic E-state index is 0.0548. The van der Waals surface area contributed by atoms with Crippen molar-refractivity contribution in [1.29, 1.82) is 0 Å². The molecule has 0 aliphatic carbocycles. The summed E-state index contributed by atoms with van der Waals surface area (Å²) in [5, 5.41) is 0. The van der Waals surface area contributed by atoms with E-state index in [1.807, 2.05) is 16.7 Å². The zero-order chi connectivity index (χ0) is 16.6. The van der Waals surface area contributed by atoms with Crippen molar-refractivity contribution in [2.75, 3.05) is 14.1 Å². The van der Waals surface area contributed by atoms with Crippen LogP contribution in [0.1, 0.15) is 11.1 Å². The molecule has 0 atom stereocenters. The number of nitrogens with zero attached hydrogens (tertiary/aromatic N) is 3. The Labute approximate surface area is 136 Å². The van der Waals surface area contributed by atoms with E-state index in [1.165, 1.54) is 5.56 Å². The molecule has 1 heterocycles. The van der Waals surface area contributed by atoms with Crippen LogP contribution in [0.5, 0.6) is 0 Å². The van der Waals surface area contributed by atoms with E-state index < -0.39 is 0 Å². The third-order valence-corrected chi connectivity index (χ3v) is 4.01. The third-order valence-electron chi connectivity index (χ3n) is 4.01. The summed E-state index contributed by atoms with van der Waals surface area (Å²) in [5.74, 6) is 0.889. The van der Waals surface area contributed by atoms with Crippen LogP contribution in [0.3, 0.4) is 0 Å². The summed E-state index contributed by atoms with van der Waals surface area (Å²) < 4.78 is 2.01. The van der Waals surface area contributed by atoms with Gasteiger partial charge in [0, 0.05) is 19.7 Å². The number of carbonyl (C=O) groups is 1. The predicted molar refractivity (Wildman–Crippen MR) is 93.3 cm³/mol. The van der Waals surface area contributed by atoms with Crippen LogP contribution in [-0.4, -0.2) is 34.5 Å². The molecule has 1 aromatic heterocycles. The first-order valence-electron chi connectivity index (χ1n) is 7.70. The first-order valence-corrected chi connectivity index (χ1v) is 7.70. The number of rotatable bonds is 3. The molecule has 0 unspecified atom stereocenters. The first-order chi connectivity index (χ1) is 11.0. The van der Waals surface area contributed by atoms with Gasteiger partial charge >= 0.3 is 0 Å². The Morgan fingerprint density at radius 1 is 1.04 bits per heavy atom. The number of aromatic nitrogens is 2. The largest absolute Gasteiger partial charge is 0.347 e. The molecule has 1 amide bonds. The molecule has 3 aromatic rings. The lowest BCUT2D eigenvalue weighted by molar-refractivity contribution is -0.129.